The fourth-order valence-electron chi connectivity index (χ4n) is 2.24. The summed E-state index contributed by atoms with van der Waals surface area (Å²) in [6.07, 6.45) is 0. The zero-order valence-electron chi connectivity index (χ0n) is 12.2. The molecule has 0 saturated carbocycles. The molecule has 1 N–H and O–H groups in total. The Morgan fingerprint density at radius 1 is 1.45 bits per heavy atom. The Labute approximate surface area is 131 Å². The van der Waals surface area contributed by atoms with E-state index in [4.69, 9.17) is 16.3 Å². The van der Waals surface area contributed by atoms with Crippen molar-refractivity contribution in [1.82, 2.24) is 10.2 Å². The van der Waals surface area contributed by atoms with Crippen LogP contribution in [0.1, 0.15) is 18.5 Å². The van der Waals surface area contributed by atoms with Gasteiger partial charge in [-0.3, -0.25) is 0 Å². The molecule has 22 heavy (non-hydrogen) atoms. The zero-order valence-corrected chi connectivity index (χ0v) is 13.0. The second kappa shape index (κ2) is 6.15. The molecule has 2 rings (SSSR count). The lowest BCUT2D eigenvalue weighted by molar-refractivity contribution is -0.136. The Balaban J connectivity index is 2.56. The van der Waals surface area contributed by atoms with Gasteiger partial charge in [-0.05, 0) is 29.8 Å². The van der Waals surface area contributed by atoms with Crippen molar-refractivity contribution in [3.05, 3.63) is 45.0 Å². The minimum Gasteiger partial charge on any atom is -0.466 e. The van der Waals surface area contributed by atoms with Crippen LogP contribution in [0, 0.1) is 4.91 Å². The summed E-state index contributed by atoms with van der Waals surface area (Å²) in [7, 11) is 2.82. The molecule has 1 aromatic carbocycles. The minimum atomic E-state index is -0.714. The van der Waals surface area contributed by atoms with Crippen molar-refractivity contribution in [2.45, 2.75) is 13.0 Å². The topological polar surface area (TPSA) is 88.1 Å². The number of hydrogen-bond donors (Lipinski definition) is 1. The Kier molecular flexibility index (Phi) is 4.46. The van der Waals surface area contributed by atoms with E-state index in [-0.39, 0.29) is 16.7 Å². The van der Waals surface area contributed by atoms with E-state index >= 15 is 0 Å². The molecule has 0 aliphatic carbocycles. The van der Waals surface area contributed by atoms with Gasteiger partial charge in [0.1, 0.15) is 5.69 Å². The normalized spacial score (nSPS) is 18.1. The molecule has 8 heteroatoms. The second-order valence-electron chi connectivity index (χ2n) is 4.73. The Bertz CT molecular complexity index is 687. The highest BCUT2D eigenvalue weighted by Gasteiger charge is 2.34. The molecule has 0 radical (unpaired) electrons. The van der Waals surface area contributed by atoms with Crippen LogP contribution < -0.4 is 5.32 Å². The number of ether oxygens (including phenoxy) is 1. The molecule has 1 atom stereocenters. The summed E-state index contributed by atoms with van der Waals surface area (Å²) in [5.74, 6) is -0.553. The molecule has 1 heterocycles. The van der Waals surface area contributed by atoms with Crippen molar-refractivity contribution in [3.8, 4) is 0 Å². The van der Waals surface area contributed by atoms with Gasteiger partial charge in [0.15, 0.2) is 0 Å². The van der Waals surface area contributed by atoms with Gasteiger partial charge in [-0.25, -0.2) is 9.59 Å². The SMILES string of the molecule is COC(=O)C1=C(C)N(C)C(=O)NC1c1ccc(N=O)c(Cl)c1. The van der Waals surface area contributed by atoms with Gasteiger partial charge >= 0.3 is 12.0 Å². The third-order valence-electron chi connectivity index (χ3n) is 3.56. The lowest BCUT2D eigenvalue weighted by atomic mass is 9.95. The van der Waals surface area contributed by atoms with E-state index in [0.29, 0.717) is 16.8 Å². The van der Waals surface area contributed by atoms with Crippen molar-refractivity contribution in [2.75, 3.05) is 14.2 Å². The van der Waals surface area contributed by atoms with Crippen molar-refractivity contribution in [1.29, 1.82) is 0 Å². The maximum atomic E-state index is 12.1. The molecule has 0 saturated heterocycles. The van der Waals surface area contributed by atoms with Crippen LogP contribution in [0.25, 0.3) is 0 Å². The molecule has 1 aliphatic rings. The number of hydrogen-bond acceptors (Lipinski definition) is 5. The van der Waals surface area contributed by atoms with Gasteiger partial charge in [0.05, 0.1) is 23.7 Å². The molecule has 0 aromatic heterocycles. The summed E-state index contributed by atoms with van der Waals surface area (Å²) in [4.78, 5) is 36.0. The predicted molar refractivity (Wildman–Crippen MR) is 80.7 cm³/mol. The summed E-state index contributed by atoms with van der Waals surface area (Å²) in [5, 5.41) is 5.63. The second-order valence-corrected chi connectivity index (χ2v) is 5.14. The number of methoxy groups -OCH3 is 1. The first kappa shape index (κ1) is 16.0. The van der Waals surface area contributed by atoms with E-state index in [2.05, 4.69) is 10.5 Å². The van der Waals surface area contributed by atoms with Gasteiger partial charge in [-0.15, -0.1) is 4.91 Å². The van der Waals surface area contributed by atoms with E-state index in [1.807, 2.05) is 0 Å². The van der Waals surface area contributed by atoms with E-state index < -0.39 is 12.0 Å². The average Bonchev–Trinajstić information content (AvgIpc) is 2.51. The van der Waals surface area contributed by atoms with Gasteiger partial charge in [0.25, 0.3) is 0 Å². The number of nitrogens with one attached hydrogen (secondary N) is 1. The van der Waals surface area contributed by atoms with Crippen LogP contribution in [0.15, 0.2) is 34.6 Å². The first-order valence-corrected chi connectivity index (χ1v) is 6.74. The molecule has 1 aromatic rings. The molecule has 0 bridgehead atoms. The fourth-order valence-corrected chi connectivity index (χ4v) is 2.46. The lowest BCUT2D eigenvalue weighted by Crippen LogP contribution is -2.46. The number of halogens is 1. The van der Waals surface area contributed by atoms with E-state index in [0.717, 1.165) is 0 Å². The van der Waals surface area contributed by atoms with Crippen LogP contribution in [0.2, 0.25) is 5.02 Å². The maximum Gasteiger partial charge on any atom is 0.337 e. The van der Waals surface area contributed by atoms with E-state index in [1.54, 1.807) is 20.0 Å². The van der Waals surface area contributed by atoms with Gasteiger partial charge in [-0.2, -0.15) is 0 Å². The smallest absolute Gasteiger partial charge is 0.337 e. The highest BCUT2D eigenvalue weighted by Crippen LogP contribution is 2.34. The molecule has 7 nitrogen and oxygen atoms in total. The summed E-state index contributed by atoms with van der Waals surface area (Å²) in [5.41, 5.74) is 1.42. The zero-order chi connectivity index (χ0) is 16.4. The summed E-state index contributed by atoms with van der Waals surface area (Å²) < 4.78 is 4.79. The van der Waals surface area contributed by atoms with Crippen LogP contribution >= 0.6 is 11.6 Å². The number of amides is 2. The van der Waals surface area contributed by atoms with Crippen molar-refractivity contribution in [2.24, 2.45) is 5.18 Å². The van der Waals surface area contributed by atoms with Crippen molar-refractivity contribution in [3.63, 3.8) is 0 Å². The Morgan fingerprint density at radius 3 is 2.68 bits per heavy atom. The predicted octanol–water partition coefficient (Wildman–Crippen LogP) is 2.88. The summed E-state index contributed by atoms with van der Waals surface area (Å²) in [6.45, 7) is 1.65. The van der Waals surface area contributed by atoms with Crippen molar-refractivity contribution < 1.29 is 14.3 Å². The number of rotatable bonds is 3. The number of esters is 1. The third-order valence-corrected chi connectivity index (χ3v) is 3.87. The maximum absolute atomic E-state index is 12.1. The molecule has 0 spiro atoms. The molecular weight excluding hydrogens is 310 g/mol. The number of nitroso groups, excluding NO2 is 1. The van der Waals surface area contributed by atoms with E-state index in [9.17, 15) is 14.5 Å². The van der Waals surface area contributed by atoms with Gasteiger partial charge in [0, 0.05) is 12.7 Å². The van der Waals surface area contributed by atoms with Crippen LogP contribution in [0.3, 0.4) is 0 Å². The fraction of sp³-hybridized carbons (Fsp3) is 0.286. The highest BCUT2D eigenvalue weighted by molar-refractivity contribution is 6.33. The number of carbonyl (C=O) groups is 2. The summed E-state index contributed by atoms with van der Waals surface area (Å²) in [6, 6.07) is 3.43. The Morgan fingerprint density at radius 2 is 2.14 bits per heavy atom. The van der Waals surface area contributed by atoms with Crippen LogP contribution in [0.5, 0.6) is 0 Å². The van der Waals surface area contributed by atoms with E-state index in [1.165, 1.54) is 24.1 Å². The monoisotopic (exact) mass is 323 g/mol. The first-order chi connectivity index (χ1) is 10.4. The highest BCUT2D eigenvalue weighted by atomic mass is 35.5. The number of urea groups is 1. The lowest BCUT2D eigenvalue weighted by Gasteiger charge is -2.33. The molecule has 116 valence electrons. The minimum absolute atomic E-state index is 0.0880. The average molecular weight is 324 g/mol. The molecular formula is C14H14ClN3O4. The van der Waals surface area contributed by atoms with Gasteiger partial charge in [-0.1, -0.05) is 17.7 Å². The van der Waals surface area contributed by atoms with Crippen LogP contribution in [-0.4, -0.2) is 31.1 Å². The first-order valence-electron chi connectivity index (χ1n) is 6.36. The third kappa shape index (κ3) is 2.67. The van der Waals surface area contributed by atoms with Gasteiger partial charge in [0.2, 0.25) is 0 Å². The largest absolute Gasteiger partial charge is 0.466 e. The quantitative estimate of drug-likeness (QED) is 0.684. The van der Waals surface area contributed by atoms with Crippen molar-refractivity contribution >= 4 is 29.3 Å². The standard InChI is InChI=1S/C14H14ClN3O4/c1-7-11(13(19)22-3)12(16-14(20)18(7)2)8-4-5-10(17-21)9(15)6-8/h4-6,12H,1-3H3,(H,16,20). The number of nitrogens with zero attached hydrogens (tertiary/aromatic N) is 2. The van der Waals surface area contributed by atoms with Crippen LogP contribution in [-0.2, 0) is 9.53 Å². The molecule has 0 fully saturated rings. The van der Waals surface area contributed by atoms with Gasteiger partial charge < -0.3 is 15.0 Å². The number of benzene rings is 1. The summed E-state index contributed by atoms with van der Waals surface area (Å²) >= 11 is 5.96. The van der Waals surface area contributed by atoms with Crippen LogP contribution in [0.4, 0.5) is 10.5 Å². The number of allylic oxidation sites excluding steroid dienone is 1. The molecule has 2 amide bonds. The number of carbonyl (C=O) groups excluding carboxylic acids is 2. The Hall–Kier alpha value is -2.41. The molecule has 1 unspecified atom stereocenters. The molecule has 1 aliphatic heterocycles.